The fourth-order valence-electron chi connectivity index (χ4n) is 1.93. The molecule has 18 heavy (non-hydrogen) atoms. The monoisotopic (exact) mass is 277 g/mol. The minimum atomic E-state index is 0.603. The van der Waals surface area contributed by atoms with Gasteiger partial charge in [0.25, 0.3) is 0 Å². The molecular formula is C13H9Cl2N3. The molecule has 3 rings (SSSR count). The van der Waals surface area contributed by atoms with E-state index in [0.29, 0.717) is 10.0 Å². The molecule has 0 aliphatic heterocycles. The molecule has 3 nitrogen and oxygen atoms in total. The van der Waals surface area contributed by atoms with Gasteiger partial charge in [0.15, 0.2) is 5.65 Å². The molecule has 2 heterocycles. The van der Waals surface area contributed by atoms with E-state index in [1.165, 1.54) is 0 Å². The van der Waals surface area contributed by atoms with Crippen molar-refractivity contribution in [3.05, 3.63) is 52.3 Å². The van der Waals surface area contributed by atoms with E-state index in [1.54, 1.807) is 10.6 Å². The Hall–Kier alpha value is -1.58. The third kappa shape index (κ3) is 1.96. The zero-order valence-electron chi connectivity index (χ0n) is 9.56. The maximum atomic E-state index is 6.03. The molecule has 90 valence electrons. The van der Waals surface area contributed by atoms with Crippen molar-refractivity contribution >= 4 is 28.8 Å². The van der Waals surface area contributed by atoms with E-state index < -0.39 is 0 Å². The summed E-state index contributed by atoms with van der Waals surface area (Å²) in [6.07, 6.45) is 0. The van der Waals surface area contributed by atoms with Crippen molar-refractivity contribution in [2.75, 3.05) is 0 Å². The highest BCUT2D eigenvalue weighted by molar-refractivity contribution is 6.35. The summed E-state index contributed by atoms with van der Waals surface area (Å²) in [4.78, 5) is 4.33. The van der Waals surface area contributed by atoms with Crippen LogP contribution in [0, 0.1) is 6.92 Å². The van der Waals surface area contributed by atoms with Crippen LogP contribution in [0.15, 0.2) is 36.4 Å². The first-order valence-electron chi connectivity index (χ1n) is 5.42. The molecule has 0 unspecified atom stereocenters. The maximum absolute atomic E-state index is 6.03. The lowest BCUT2D eigenvalue weighted by molar-refractivity contribution is 0.938. The van der Waals surface area contributed by atoms with Gasteiger partial charge < -0.3 is 0 Å². The Morgan fingerprint density at radius 1 is 1.06 bits per heavy atom. The third-order valence-electron chi connectivity index (χ3n) is 2.62. The summed E-state index contributed by atoms with van der Waals surface area (Å²) in [6.45, 7) is 1.86. The highest BCUT2D eigenvalue weighted by Gasteiger charge is 2.08. The Labute approximate surface area is 114 Å². The van der Waals surface area contributed by atoms with Crippen LogP contribution in [0.1, 0.15) is 5.82 Å². The average molecular weight is 278 g/mol. The predicted molar refractivity (Wildman–Crippen MR) is 73.2 cm³/mol. The van der Waals surface area contributed by atoms with E-state index in [0.717, 1.165) is 22.7 Å². The fourth-order valence-corrected chi connectivity index (χ4v) is 2.46. The van der Waals surface area contributed by atoms with Crippen LogP contribution in [-0.2, 0) is 0 Å². The van der Waals surface area contributed by atoms with E-state index in [2.05, 4.69) is 10.1 Å². The van der Waals surface area contributed by atoms with E-state index in [1.807, 2.05) is 37.3 Å². The van der Waals surface area contributed by atoms with Gasteiger partial charge in [0.2, 0.25) is 0 Å². The van der Waals surface area contributed by atoms with Gasteiger partial charge in [-0.1, -0.05) is 29.3 Å². The molecule has 0 N–H and O–H groups in total. The van der Waals surface area contributed by atoms with Crippen LogP contribution in [0.3, 0.4) is 0 Å². The van der Waals surface area contributed by atoms with Gasteiger partial charge in [-0.2, -0.15) is 5.10 Å². The summed E-state index contributed by atoms with van der Waals surface area (Å²) in [5.74, 6) is 0.732. The van der Waals surface area contributed by atoms with E-state index in [9.17, 15) is 0 Å². The van der Waals surface area contributed by atoms with E-state index in [-0.39, 0.29) is 0 Å². The fraction of sp³-hybridized carbons (Fsp3) is 0.0769. The minimum Gasteiger partial charge on any atom is -0.213 e. The Bertz CT molecular complexity index is 714. The van der Waals surface area contributed by atoms with Crippen LogP contribution >= 0.6 is 23.2 Å². The number of aromatic nitrogens is 3. The quantitative estimate of drug-likeness (QED) is 0.673. The lowest BCUT2D eigenvalue weighted by atomic mass is 10.1. The number of pyridine rings is 1. The van der Waals surface area contributed by atoms with Crippen LogP contribution in [-0.4, -0.2) is 14.6 Å². The lowest BCUT2D eigenvalue weighted by Crippen LogP contribution is -1.93. The number of nitrogens with zero attached hydrogens (tertiary/aromatic N) is 3. The number of aryl methyl sites for hydroxylation is 1. The van der Waals surface area contributed by atoms with Gasteiger partial charge in [0.05, 0.1) is 5.69 Å². The summed E-state index contributed by atoms with van der Waals surface area (Å²) in [6, 6.07) is 11.2. The first kappa shape index (κ1) is 11.5. The minimum absolute atomic E-state index is 0.603. The molecule has 0 saturated heterocycles. The second-order valence-corrected chi connectivity index (χ2v) is 4.87. The number of hydrogen-bond donors (Lipinski definition) is 0. The zero-order chi connectivity index (χ0) is 12.7. The van der Waals surface area contributed by atoms with Gasteiger partial charge in [-0.15, -0.1) is 0 Å². The standard InChI is InChI=1S/C13H9Cl2N3/c1-8-16-13-4-2-3-12(18(13)17-8)9-5-10(14)7-11(15)6-9/h2-7H,1H3. The molecule has 0 amide bonds. The van der Waals surface area contributed by atoms with Gasteiger partial charge in [-0.3, -0.25) is 0 Å². The first-order valence-corrected chi connectivity index (χ1v) is 6.18. The molecule has 0 fully saturated rings. The zero-order valence-corrected chi connectivity index (χ0v) is 11.1. The molecule has 0 bridgehead atoms. The topological polar surface area (TPSA) is 30.2 Å². The first-order chi connectivity index (χ1) is 8.63. The van der Waals surface area contributed by atoms with E-state index in [4.69, 9.17) is 23.2 Å². The molecule has 0 spiro atoms. The molecule has 0 radical (unpaired) electrons. The number of halogens is 2. The summed E-state index contributed by atoms with van der Waals surface area (Å²) in [5.41, 5.74) is 2.64. The van der Waals surface area contributed by atoms with Crippen LogP contribution in [0.2, 0.25) is 10.0 Å². The van der Waals surface area contributed by atoms with Crippen molar-refractivity contribution in [2.45, 2.75) is 6.92 Å². The second kappa shape index (κ2) is 4.26. The summed E-state index contributed by atoms with van der Waals surface area (Å²) < 4.78 is 1.79. The number of rotatable bonds is 1. The smallest absolute Gasteiger partial charge is 0.156 e. The number of fused-ring (bicyclic) bond motifs is 1. The molecule has 3 aromatic rings. The van der Waals surface area contributed by atoms with Crippen molar-refractivity contribution in [2.24, 2.45) is 0 Å². The Morgan fingerprint density at radius 2 is 1.78 bits per heavy atom. The van der Waals surface area contributed by atoms with Gasteiger partial charge in [-0.05, 0) is 37.3 Å². The second-order valence-electron chi connectivity index (χ2n) is 4.00. The van der Waals surface area contributed by atoms with Gasteiger partial charge >= 0.3 is 0 Å². The number of benzene rings is 1. The van der Waals surface area contributed by atoms with Crippen molar-refractivity contribution in [1.29, 1.82) is 0 Å². The van der Waals surface area contributed by atoms with Gasteiger partial charge in [0, 0.05) is 15.6 Å². The summed E-state index contributed by atoms with van der Waals surface area (Å²) in [5, 5.41) is 5.57. The molecular weight excluding hydrogens is 269 g/mol. The third-order valence-corrected chi connectivity index (χ3v) is 3.06. The molecule has 5 heteroatoms. The molecule has 2 aromatic heterocycles. The van der Waals surface area contributed by atoms with Gasteiger partial charge in [0.1, 0.15) is 5.82 Å². The maximum Gasteiger partial charge on any atom is 0.156 e. The predicted octanol–water partition coefficient (Wildman–Crippen LogP) is 4.01. The highest BCUT2D eigenvalue weighted by Crippen LogP contribution is 2.27. The van der Waals surface area contributed by atoms with Crippen LogP contribution < -0.4 is 0 Å². The molecule has 0 aliphatic rings. The van der Waals surface area contributed by atoms with Crippen LogP contribution in [0.5, 0.6) is 0 Å². The van der Waals surface area contributed by atoms with Crippen LogP contribution in [0.4, 0.5) is 0 Å². The van der Waals surface area contributed by atoms with Crippen molar-refractivity contribution in [3.8, 4) is 11.3 Å². The molecule has 1 aromatic carbocycles. The summed E-state index contributed by atoms with van der Waals surface area (Å²) >= 11 is 12.1. The highest BCUT2D eigenvalue weighted by atomic mass is 35.5. The molecule has 0 aliphatic carbocycles. The Kier molecular flexibility index (Phi) is 2.73. The number of hydrogen-bond acceptors (Lipinski definition) is 2. The summed E-state index contributed by atoms with van der Waals surface area (Å²) in [7, 11) is 0. The average Bonchev–Trinajstić information content (AvgIpc) is 2.67. The SMILES string of the molecule is Cc1nc2cccc(-c3cc(Cl)cc(Cl)c3)n2n1. The van der Waals surface area contributed by atoms with Crippen LogP contribution in [0.25, 0.3) is 16.9 Å². The lowest BCUT2D eigenvalue weighted by Gasteiger charge is -2.05. The van der Waals surface area contributed by atoms with Crippen molar-refractivity contribution in [1.82, 2.24) is 14.6 Å². The van der Waals surface area contributed by atoms with E-state index >= 15 is 0 Å². The van der Waals surface area contributed by atoms with Crippen molar-refractivity contribution in [3.63, 3.8) is 0 Å². The van der Waals surface area contributed by atoms with Crippen molar-refractivity contribution < 1.29 is 0 Å². The normalized spacial score (nSPS) is 11.1. The largest absolute Gasteiger partial charge is 0.213 e. The Balaban J connectivity index is 2.30. The molecule has 0 atom stereocenters. The molecule has 0 saturated carbocycles. The Morgan fingerprint density at radius 3 is 2.50 bits per heavy atom. The van der Waals surface area contributed by atoms with Gasteiger partial charge in [-0.25, -0.2) is 9.50 Å².